The van der Waals surface area contributed by atoms with Gasteiger partial charge in [-0.1, -0.05) is 48.2 Å². The average Bonchev–Trinajstić information content (AvgIpc) is 2.30. The summed E-state index contributed by atoms with van der Waals surface area (Å²) >= 11 is 1.90. The van der Waals surface area contributed by atoms with Gasteiger partial charge in [0, 0.05) is 9.79 Å². The van der Waals surface area contributed by atoms with E-state index in [1.165, 1.54) is 20.4 Å². The highest BCUT2D eigenvalue weighted by atomic mass is 32.2. The van der Waals surface area contributed by atoms with Gasteiger partial charge in [0.1, 0.15) is 0 Å². The first-order chi connectivity index (χ1) is 7.36. The van der Waals surface area contributed by atoms with Gasteiger partial charge in [0.15, 0.2) is 0 Å². The molecule has 0 N–H and O–H groups in total. The van der Waals surface area contributed by atoms with Crippen molar-refractivity contribution >= 4 is 30.3 Å². The Hall–Kier alpha value is -0.780. The SMILES string of the molecule is CP1c2ccccc2Sc2ccccc21. The maximum absolute atomic E-state index is 2.35. The summed E-state index contributed by atoms with van der Waals surface area (Å²) in [6.45, 7) is 2.35. The van der Waals surface area contributed by atoms with E-state index in [1.54, 1.807) is 0 Å². The Balaban J connectivity index is 2.20. The number of rotatable bonds is 0. The van der Waals surface area contributed by atoms with Crippen molar-refractivity contribution in [2.24, 2.45) is 0 Å². The fraction of sp³-hybridized carbons (Fsp3) is 0.0769. The molecule has 0 unspecified atom stereocenters. The van der Waals surface area contributed by atoms with Crippen molar-refractivity contribution in [1.29, 1.82) is 0 Å². The number of fused-ring (bicyclic) bond motifs is 2. The molecule has 0 aromatic heterocycles. The number of hydrogen-bond donors (Lipinski definition) is 0. The highest BCUT2D eigenvalue weighted by Crippen LogP contribution is 2.43. The van der Waals surface area contributed by atoms with Crippen LogP contribution in [0.4, 0.5) is 0 Å². The van der Waals surface area contributed by atoms with Gasteiger partial charge < -0.3 is 0 Å². The van der Waals surface area contributed by atoms with Gasteiger partial charge in [-0.2, -0.15) is 0 Å². The van der Waals surface area contributed by atoms with Crippen molar-refractivity contribution in [2.75, 3.05) is 6.66 Å². The Morgan fingerprint density at radius 1 is 0.800 bits per heavy atom. The van der Waals surface area contributed by atoms with Crippen molar-refractivity contribution in [1.82, 2.24) is 0 Å². The van der Waals surface area contributed by atoms with Gasteiger partial charge in [-0.05, 0) is 37.3 Å². The van der Waals surface area contributed by atoms with E-state index in [0.717, 1.165) is 0 Å². The second-order valence-corrected chi connectivity index (χ2v) is 6.76. The zero-order valence-corrected chi connectivity index (χ0v) is 10.2. The van der Waals surface area contributed by atoms with Gasteiger partial charge in [0.25, 0.3) is 0 Å². The molecule has 74 valence electrons. The molecule has 0 amide bonds. The summed E-state index contributed by atoms with van der Waals surface area (Å²) in [6, 6.07) is 17.5. The zero-order chi connectivity index (χ0) is 10.3. The molecular formula is C13H11PS. The molecule has 2 aromatic carbocycles. The van der Waals surface area contributed by atoms with E-state index in [-0.39, 0.29) is 7.92 Å². The van der Waals surface area contributed by atoms with Gasteiger partial charge in [-0.15, -0.1) is 0 Å². The van der Waals surface area contributed by atoms with Crippen molar-refractivity contribution in [3.8, 4) is 0 Å². The minimum atomic E-state index is -0.144. The van der Waals surface area contributed by atoms with Crippen LogP contribution in [0, 0.1) is 0 Å². The lowest BCUT2D eigenvalue weighted by molar-refractivity contribution is 1.45. The van der Waals surface area contributed by atoms with Crippen molar-refractivity contribution < 1.29 is 0 Å². The third kappa shape index (κ3) is 1.51. The number of benzene rings is 2. The topological polar surface area (TPSA) is 0 Å². The predicted molar refractivity (Wildman–Crippen MR) is 69.1 cm³/mol. The molecule has 2 heteroatoms. The molecule has 0 radical (unpaired) electrons. The Morgan fingerprint density at radius 3 is 1.80 bits per heavy atom. The molecule has 1 heterocycles. The second kappa shape index (κ2) is 3.66. The molecule has 0 nitrogen and oxygen atoms in total. The van der Waals surface area contributed by atoms with E-state index in [2.05, 4.69) is 55.2 Å². The first-order valence-corrected chi connectivity index (χ1v) is 7.56. The molecule has 0 spiro atoms. The largest absolute Gasteiger partial charge is 0.0887 e. The zero-order valence-electron chi connectivity index (χ0n) is 8.47. The normalized spacial score (nSPS) is 14.5. The van der Waals surface area contributed by atoms with E-state index in [0.29, 0.717) is 0 Å². The van der Waals surface area contributed by atoms with E-state index < -0.39 is 0 Å². The summed E-state index contributed by atoms with van der Waals surface area (Å²) in [6.07, 6.45) is 0. The van der Waals surface area contributed by atoms with Crippen LogP contribution in [-0.2, 0) is 0 Å². The Labute approximate surface area is 95.5 Å². The van der Waals surface area contributed by atoms with Crippen LogP contribution >= 0.6 is 19.7 Å². The fourth-order valence-electron chi connectivity index (χ4n) is 1.89. The molecule has 1 aliphatic heterocycles. The number of hydrogen-bond acceptors (Lipinski definition) is 1. The van der Waals surface area contributed by atoms with Crippen LogP contribution in [0.3, 0.4) is 0 Å². The molecule has 3 rings (SSSR count). The molecule has 1 aliphatic rings. The van der Waals surface area contributed by atoms with Crippen LogP contribution in [0.25, 0.3) is 0 Å². The lowest BCUT2D eigenvalue weighted by Crippen LogP contribution is -2.18. The quantitative estimate of drug-likeness (QED) is 0.626. The lowest BCUT2D eigenvalue weighted by Gasteiger charge is -2.24. The van der Waals surface area contributed by atoms with E-state index >= 15 is 0 Å². The van der Waals surface area contributed by atoms with Crippen molar-refractivity contribution in [3.05, 3.63) is 48.5 Å². The summed E-state index contributed by atoms with van der Waals surface area (Å²) in [5.41, 5.74) is 0. The smallest absolute Gasteiger partial charge is 0.0202 e. The van der Waals surface area contributed by atoms with Crippen LogP contribution in [0.1, 0.15) is 0 Å². The summed E-state index contributed by atoms with van der Waals surface area (Å²) in [5.74, 6) is 0. The van der Waals surface area contributed by atoms with Crippen molar-refractivity contribution in [2.45, 2.75) is 9.79 Å². The van der Waals surface area contributed by atoms with Crippen LogP contribution in [0.15, 0.2) is 58.3 Å². The lowest BCUT2D eigenvalue weighted by atomic mass is 10.3. The van der Waals surface area contributed by atoms with Gasteiger partial charge in [-0.3, -0.25) is 0 Å². The molecule has 0 aliphatic carbocycles. The van der Waals surface area contributed by atoms with E-state index in [9.17, 15) is 0 Å². The van der Waals surface area contributed by atoms with Gasteiger partial charge in [-0.25, -0.2) is 0 Å². The summed E-state index contributed by atoms with van der Waals surface area (Å²) in [4.78, 5) is 2.87. The van der Waals surface area contributed by atoms with Gasteiger partial charge in [0.05, 0.1) is 0 Å². The van der Waals surface area contributed by atoms with Crippen LogP contribution < -0.4 is 10.6 Å². The van der Waals surface area contributed by atoms with Crippen LogP contribution in [-0.4, -0.2) is 6.66 Å². The Morgan fingerprint density at radius 2 is 1.27 bits per heavy atom. The monoisotopic (exact) mass is 230 g/mol. The first kappa shape index (κ1) is 9.45. The van der Waals surface area contributed by atoms with Crippen LogP contribution in [0.5, 0.6) is 0 Å². The van der Waals surface area contributed by atoms with E-state index in [4.69, 9.17) is 0 Å². The second-order valence-electron chi connectivity index (χ2n) is 3.60. The van der Waals surface area contributed by atoms with Crippen molar-refractivity contribution in [3.63, 3.8) is 0 Å². The molecular weight excluding hydrogens is 219 g/mol. The third-order valence-corrected chi connectivity index (χ3v) is 6.35. The minimum Gasteiger partial charge on any atom is -0.0887 e. The maximum Gasteiger partial charge on any atom is 0.0202 e. The van der Waals surface area contributed by atoms with Gasteiger partial charge >= 0.3 is 0 Å². The highest BCUT2D eigenvalue weighted by molar-refractivity contribution is 8.01. The summed E-state index contributed by atoms with van der Waals surface area (Å²) < 4.78 is 0. The fourth-order valence-corrected chi connectivity index (χ4v) is 5.55. The molecule has 0 fully saturated rings. The Kier molecular flexibility index (Phi) is 2.31. The molecule has 0 saturated heterocycles. The summed E-state index contributed by atoms with van der Waals surface area (Å²) in [5, 5.41) is 3.05. The highest BCUT2D eigenvalue weighted by Gasteiger charge is 2.21. The molecule has 2 aromatic rings. The first-order valence-electron chi connectivity index (χ1n) is 4.96. The van der Waals surface area contributed by atoms with Crippen LogP contribution in [0.2, 0.25) is 0 Å². The summed E-state index contributed by atoms with van der Waals surface area (Å²) in [7, 11) is -0.144. The molecule has 0 bridgehead atoms. The molecule has 0 atom stereocenters. The average molecular weight is 230 g/mol. The standard InChI is InChI=1S/C13H11PS/c1-14-10-6-2-4-8-12(10)15-13-9-5-3-7-11(13)14/h2-9H,1H3. The van der Waals surface area contributed by atoms with Gasteiger partial charge in [0.2, 0.25) is 0 Å². The predicted octanol–water partition coefficient (Wildman–Crippen LogP) is 3.21. The third-order valence-electron chi connectivity index (χ3n) is 2.67. The molecule has 0 saturated carbocycles. The molecule has 15 heavy (non-hydrogen) atoms. The maximum atomic E-state index is 2.35. The minimum absolute atomic E-state index is 0.144. The Bertz CT molecular complexity index is 462. The van der Waals surface area contributed by atoms with E-state index in [1.807, 2.05) is 11.8 Å².